The quantitative estimate of drug-likeness (QED) is 0.568. The first kappa shape index (κ1) is 10.5. The minimum Gasteiger partial charge on any atom is -0.502 e. The van der Waals surface area contributed by atoms with Gasteiger partial charge in [-0.15, -0.1) is 0 Å². The van der Waals surface area contributed by atoms with Crippen molar-refractivity contribution in [2.45, 2.75) is 34.1 Å². The molecule has 0 amide bonds. The van der Waals surface area contributed by atoms with Gasteiger partial charge >= 0.3 is 0 Å². The molecule has 0 aromatic heterocycles. The van der Waals surface area contributed by atoms with Gasteiger partial charge in [0.05, 0.1) is 12.9 Å². The third-order valence-corrected chi connectivity index (χ3v) is 1.46. The molecule has 0 aromatic rings. The lowest BCUT2D eigenvalue weighted by molar-refractivity contribution is 0.169. The van der Waals surface area contributed by atoms with Crippen LogP contribution in [0, 0.1) is 11.3 Å². The van der Waals surface area contributed by atoms with E-state index in [9.17, 15) is 0 Å². The van der Waals surface area contributed by atoms with Crippen molar-refractivity contribution in [1.82, 2.24) is 0 Å². The molecule has 0 bridgehead atoms. The maximum absolute atomic E-state index is 5.11. The number of hydrogen-bond acceptors (Lipinski definition) is 1. The van der Waals surface area contributed by atoms with Crippen LogP contribution in [0.1, 0.15) is 34.1 Å². The molecule has 1 atom stereocenters. The van der Waals surface area contributed by atoms with E-state index in [1.807, 2.05) is 0 Å². The van der Waals surface area contributed by atoms with Crippen molar-refractivity contribution >= 4 is 0 Å². The highest BCUT2D eigenvalue weighted by Gasteiger charge is 2.14. The van der Waals surface area contributed by atoms with E-state index in [-0.39, 0.29) is 0 Å². The summed E-state index contributed by atoms with van der Waals surface area (Å²) in [4.78, 5) is 0. The minimum atomic E-state index is 0.407. The van der Waals surface area contributed by atoms with Crippen LogP contribution < -0.4 is 0 Å². The van der Waals surface area contributed by atoms with Crippen molar-refractivity contribution in [3.8, 4) is 0 Å². The molecule has 0 fully saturated rings. The molecule has 1 nitrogen and oxygen atoms in total. The predicted molar refractivity (Wildman–Crippen MR) is 49.4 cm³/mol. The van der Waals surface area contributed by atoms with Crippen molar-refractivity contribution < 1.29 is 4.74 Å². The number of ether oxygens (including phenoxy) is 1. The van der Waals surface area contributed by atoms with Crippen LogP contribution in [0.3, 0.4) is 0 Å². The van der Waals surface area contributed by atoms with Gasteiger partial charge in [-0.25, -0.2) is 0 Å². The summed E-state index contributed by atoms with van der Waals surface area (Å²) in [7, 11) is 0. The molecule has 0 radical (unpaired) electrons. The van der Waals surface area contributed by atoms with E-state index in [0.29, 0.717) is 11.3 Å². The Labute approximate surface area is 70.4 Å². The van der Waals surface area contributed by atoms with Crippen LogP contribution in [0.15, 0.2) is 12.8 Å². The standard InChI is InChI=1S/C10H20O/c1-6-11-8-9(2)7-10(3,4)5/h6,9H,1,7-8H2,2-5H3. The first-order valence-electron chi connectivity index (χ1n) is 4.18. The maximum atomic E-state index is 5.11. The first-order valence-corrected chi connectivity index (χ1v) is 4.18. The van der Waals surface area contributed by atoms with Gasteiger partial charge in [-0.1, -0.05) is 34.3 Å². The van der Waals surface area contributed by atoms with Crippen molar-refractivity contribution in [3.63, 3.8) is 0 Å². The zero-order valence-corrected chi connectivity index (χ0v) is 8.18. The molecule has 0 N–H and O–H groups in total. The van der Waals surface area contributed by atoms with E-state index in [4.69, 9.17) is 4.74 Å². The third-order valence-electron chi connectivity index (χ3n) is 1.46. The Morgan fingerprint density at radius 2 is 2.00 bits per heavy atom. The van der Waals surface area contributed by atoms with Gasteiger partial charge in [-0.05, 0) is 17.8 Å². The molecular weight excluding hydrogens is 136 g/mol. The summed E-state index contributed by atoms with van der Waals surface area (Å²) in [6.45, 7) is 13.2. The summed E-state index contributed by atoms with van der Waals surface area (Å²) in [6, 6.07) is 0. The largest absolute Gasteiger partial charge is 0.502 e. The van der Waals surface area contributed by atoms with Gasteiger partial charge in [0.15, 0.2) is 0 Å². The second kappa shape index (κ2) is 4.42. The molecule has 0 aliphatic carbocycles. The second-order valence-corrected chi connectivity index (χ2v) is 4.37. The van der Waals surface area contributed by atoms with Gasteiger partial charge in [0.1, 0.15) is 0 Å². The molecule has 0 saturated carbocycles. The molecule has 66 valence electrons. The van der Waals surface area contributed by atoms with E-state index in [0.717, 1.165) is 6.61 Å². The zero-order chi connectivity index (χ0) is 8.91. The molecule has 1 unspecified atom stereocenters. The molecule has 0 aromatic carbocycles. The summed E-state index contributed by atoms with van der Waals surface area (Å²) < 4.78 is 5.11. The highest BCUT2D eigenvalue weighted by molar-refractivity contribution is 4.66. The van der Waals surface area contributed by atoms with Crippen molar-refractivity contribution in [2.75, 3.05) is 6.61 Å². The lowest BCUT2D eigenvalue weighted by Gasteiger charge is -2.22. The van der Waals surface area contributed by atoms with Crippen molar-refractivity contribution in [2.24, 2.45) is 11.3 Å². The number of hydrogen-bond donors (Lipinski definition) is 0. The summed E-state index contributed by atoms with van der Waals surface area (Å²) in [5, 5.41) is 0. The molecule has 0 spiro atoms. The Bertz CT molecular complexity index is 111. The Morgan fingerprint density at radius 3 is 2.36 bits per heavy atom. The van der Waals surface area contributed by atoms with Crippen LogP contribution in [0.4, 0.5) is 0 Å². The summed E-state index contributed by atoms with van der Waals surface area (Å²) in [6.07, 6.45) is 2.71. The average molecular weight is 156 g/mol. The molecule has 0 rings (SSSR count). The molecule has 0 aliphatic rings. The van der Waals surface area contributed by atoms with Gasteiger partial charge in [0, 0.05) is 0 Å². The Kier molecular flexibility index (Phi) is 4.24. The lowest BCUT2D eigenvalue weighted by atomic mass is 9.86. The van der Waals surface area contributed by atoms with Gasteiger partial charge < -0.3 is 4.74 Å². The van der Waals surface area contributed by atoms with Crippen molar-refractivity contribution in [3.05, 3.63) is 12.8 Å². The topological polar surface area (TPSA) is 9.23 Å². The molecule has 0 saturated heterocycles. The van der Waals surface area contributed by atoms with E-state index in [1.165, 1.54) is 12.7 Å². The fourth-order valence-electron chi connectivity index (χ4n) is 1.34. The van der Waals surface area contributed by atoms with Crippen molar-refractivity contribution in [1.29, 1.82) is 0 Å². The van der Waals surface area contributed by atoms with E-state index < -0.39 is 0 Å². The Morgan fingerprint density at radius 1 is 1.45 bits per heavy atom. The molecule has 0 heterocycles. The Balaban J connectivity index is 3.51. The van der Waals surface area contributed by atoms with E-state index in [2.05, 4.69) is 34.3 Å². The van der Waals surface area contributed by atoms with Gasteiger partial charge in [0.2, 0.25) is 0 Å². The van der Waals surface area contributed by atoms with Gasteiger partial charge in [-0.3, -0.25) is 0 Å². The maximum Gasteiger partial charge on any atom is 0.0898 e. The normalized spacial score (nSPS) is 14.2. The van der Waals surface area contributed by atoms with Crippen LogP contribution in [0.2, 0.25) is 0 Å². The Hall–Kier alpha value is -0.460. The van der Waals surface area contributed by atoms with Gasteiger partial charge in [-0.2, -0.15) is 0 Å². The first-order chi connectivity index (χ1) is 4.95. The van der Waals surface area contributed by atoms with E-state index in [1.54, 1.807) is 0 Å². The predicted octanol–water partition coefficient (Wildman–Crippen LogP) is 3.22. The average Bonchev–Trinajstić information content (AvgIpc) is 1.79. The van der Waals surface area contributed by atoms with Crippen LogP contribution in [-0.2, 0) is 4.74 Å². The highest BCUT2D eigenvalue weighted by Crippen LogP contribution is 2.23. The summed E-state index contributed by atoms with van der Waals surface area (Å²) in [5.41, 5.74) is 0.407. The zero-order valence-electron chi connectivity index (χ0n) is 8.18. The smallest absolute Gasteiger partial charge is 0.0898 e. The van der Waals surface area contributed by atoms with E-state index >= 15 is 0 Å². The number of rotatable bonds is 4. The minimum absolute atomic E-state index is 0.407. The van der Waals surface area contributed by atoms with Crippen LogP contribution in [0.5, 0.6) is 0 Å². The SMILES string of the molecule is C=COCC(C)CC(C)(C)C. The molecular formula is C10H20O. The van der Waals surface area contributed by atoms with Crippen LogP contribution >= 0.6 is 0 Å². The molecule has 1 heteroatoms. The lowest BCUT2D eigenvalue weighted by Crippen LogP contribution is -2.14. The highest BCUT2D eigenvalue weighted by atomic mass is 16.5. The third kappa shape index (κ3) is 7.44. The van der Waals surface area contributed by atoms with Crippen LogP contribution in [0.25, 0.3) is 0 Å². The molecule has 0 aliphatic heterocycles. The molecule has 11 heavy (non-hydrogen) atoms. The van der Waals surface area contributed by atoms with Crippen LogP contribution in [-0.4, -0.2) is 6.61 Å². The van der Waals surface area contributed by atoms with Gasteiger partial charge in [0.25, 0.3) is 0 Å². The fraction of sp³-hybridized carbons (Fsp3) is 0.800. The summed E-state index contributed by atoms with van der Waals surface area (Å²) >= 11 is 0. The fourth-order valence-corrected chi connectivity index (χ4v) is 1.34. The monoisotopic (exact) mass is 156 g/mol. The second-order valence-electron chi connectivity index (χ2n) is 4.37. The summed E-state index contributed by atoms with van der Waals surface area (Å²) in [5.74, 6) is 0.619.